The Morgan fingerprint density at radius 3 is 2.71 bits per heavy atom. The molecular formula is C25H29N5O5. The molecule has 2 aliphatic heterocycles. The number of carbonyl (C=O) groups excluding carboxylic acids is 2. The van der Waals surface area contributed by atoms with Gasteiger partial charge in [-0.3, -0.25) is 14.5 Å². The Morgan fingerprint density at radius 1 is 1.20 bits per heavy atom. The number of rotatable bonds is 7. The van der Waals surface area contributed by atoms with Gasteiger partial charge in [0.25, 0.3) is 11.8 Å². The van der Waals surface area contributed by atoms with Crippen LogP contribution in [0.15, 0.2) is 42.5 Å². The summed E-state index contributed by atoms with van der Waals surface area (Å²) in [5, 5.41) is 16.1. The number of benzene rings is 2. The Kier molecular flexibility index (Phi) is 6.18. The molecule has 0 spiro atoms. The molecular weight excluding hydrogens is 450 g/mol. The highest BCUT2D eigenvalue weighted by Gasteiger charge is 2.45. The van der Waals surface area contributed by atoms with Crippen molar-refractivity contribution < 1.29 is 24.2 Å². The van der Waals surface area contributed by atoms with Gasteiger partial charge in [0.05, 0.1) is 24.4 Å². The predicted octanol–water partition coefficient (Wildman–Crippen LogP) is 0.885. The van der Waals surface area contributed by atoms with Crippen molar-refractivity contribution in [1.29, 1.82) is 0 Å². The fourth-order valence-electron chi connectivity index (χ4n) is 4.70. The molecule has 1 atom stereocenters. The zero-order valence-corrected chi connectivity index (χ0v) is 19.6. The van der Waals surface area contributed by atoms with Crippen molar-refractivity contribution in [2.75, 3.05) is 53.0 Å². The Hall–Kier alpha value is -3.47. The number of primary amides is 1. The number of ether oxygens (including phenoxy) is 2. The largest absolute Gasteiger partial charge is 0.492 e. The maximum atomic E-state index is 12.6. The van der Waals surface area contributed by atoms with Gasteiger partial charge in [0, 0.05) is 45.0 Å². The van der Waals surface area contributed by atoms with Crippen LogP contribution < -0.4 is 10.5 Å². The Bertz CT molecular complexity index is 1270. The van der Waals surface area contributed by atoms with E-state index in [1.54, 1.807) is 42.1 Å². The monoisotopic (exact) mass is 479 g/mol. The average molecular weight is 480 g/mol. The molecule has 5 rings (SSSR count). The van der Waals surface area contributed by atoms with Gasteiger partial charge >= 0.3 is 0 Å². The van der Waals surface area contributed by atoms with Crippen molar-refractivity contribution in [2.45, 2.75) is 12.0 Å². The molecule has 2 amide bonds. The predicted molar refractivity (Wildman–Crippen MR) is 128 cm³/mol. The van der Waals surface area contributed by atoms with E-state index in [0.717, 1.165) is 32.8 Å². The van der Waals surface area contributed by atoms with Gasteiger partial charge in [0.15, 0.2) is 11.3 Å². The van der Waals surface area contributed by atoms with E-state index < -0.39 is 11.5 Å². The van der Waals surface area contributed by atoms with Gasteiger partial charge in [0.2, 0.25) is 0 Å². The smallest absolute Gasteiger partial charge is 0.269 e. The number of nitrogens with zero attached hydrogens (tertiary/aromatic N) is 4. The van der Waals surface area contributed by atoms with Gasteiger partial charge in [0.1, 0.15) is 12.4 Å². The molecule has 0 bridgehead atoms. The van der Waals surface area contributed by atoms with Crippen LogP contribution in [0.1, 0.15) is 22.5 Å². The van der Waals surface area contributed by atoms with Crippen molar-refractivity contribution in [2.24, 2.45) is 5.73 Å². The third-order valence-corrected chi connectivity index (χ3v) is 6.74. The first-order chi connectivity index (χ1) is 16.9. The number of nitrogens with two attached hydrogens (primary N) is 1. The zero-order valence-electron chi connectivity index (χ0n) is 19.6. The first-order valence-corrected chi connectivity index (χ1v) is 11.7. The summed E-state index contributed by atoms with van der Waals surface area (Å²) in [5.74, 6) is -0.367. The van der Waals surface area contributed by atoms with Crippen LogP contribution in [0.25, 0.3) is 16.6 Å². The van der Waals surface area contributed by atoms with Crippen LogP contribution in [0.3, 0.4) is 0 Å². The number of likely N-dealkylation sites (N-methyl/N-ethyl adjacent to an activating group) is 1. The van der Waals surface area contributed by atoms with E-state index in [2.05, 4.69) is 10.00 Å². The van der Waals surface area contributed by atoms with Crippen molar-refractivity contribution in [3.63, 3.8) is 0 Å². The molecule has 2 fully saturated rings. The number of fused-ring (bicyclic) bond motifs is 1. The number of carbonyl (C=O) groups is 2. The minimum absolute atomic E-state index is 0.124. The van der Waals surface area contributed by atoms with Crippen LogP contribution in [0.4, 0.5) is 0 Å². The third-order valence-electron chi connectivity index (χ3n) is 6.74. The first kappa shape index (κ1) is 23.3. The number of amides is 2. The van der Waals surface area contributed by atoms with E-state index >= 15 is 0 Å². The summed E-state index contributed by atoms with van der Waals surface area (Å²) < 4.78 is 12.9. The molecule has 3 N–H and O–H groups in total. The highest BCUT2D eigenvalue weighted by atomic mass is 16.5. The number of hydrogen-bond acceptors (Lipinski definition) is 7. The van der Waals surface area contributed by atoms with Crippen molar-refractivity contribution >= 4 is 22.7 Å². The number of morpholine rings is 1. The molecule has 1 aromatic heterocycles. The normalized spacial score (nSPS) is 21.1. The van der Waals surface area contributed by atoms with Crippen LogP contribution in [-0.2, 0) is 15.1 Å². The molecule has 3 aromatic rings. The second-order valence-electron chi connectivity index (χ2n) is 8.99. The summed E-state index contributed by atoms with van der Waals surface area (Å²) >= 11 is 0. The molecule has 10 nitrogen and oxygen atoms in total. The minimum atomic E-state index is -1.58. The van der Waals surface area contributed by atoms with Crippen LogP contribution >= 0.6 is 0 Å². The summed E-state index contributed by atoms with van der Waals surface area (Å²) in [6.07, 6.45) is 0.309. The molecule has 0 radical (unpaired) electrons. The summed E-state index contributed by atoms with van der Waals surface area (Å²) in [7, 11) is 1.67. The molecule has 0 unspecified atom stereocenters. The first-order valence-electron chi connectivity index (χ1n) is 11.7. The average Bonchev–Trinajstić information content (AvgIpc) is 3.38. The van der Waals surface area contributed by atoms with E-state index in [9.17, 15) is 14.7 Å². The number of aromatic nitrogens is 2. The van der Waals surface area contributed by atoms with Gasteiger partial charge in [-0.2, -0.15) is 5.10 Å². The van der Waals surface area contributed by atoms with E-state index in [1.807, 2.05) is 12.1 Å². The molecule has 3 heterocycles. The zero-order chi connectivity index (χ0) is 24.6. The van der Waals surface area contributed by atoms with Crippen LogP contribution in [0.2, 0.25) is 0 Å². The highest BCUT2D eigenvalue weighted by molar-refractivity contribution is 6.04. The lowest BCUT2D eigenvalue weighted by Crippen LogP contribution is -2.38. The van der Waals surface area contributed by atoms with E-state index in [0.29, 0.717) is 47.5 Å². The summed E-state index contributed by atoms with van der Waals surface area (Å²) in [6.45, 7) is 5.01. The topological polar surface area (TPSA) is 123 Å². The molecule has 0 saturated carbocycles. The van der Waals surface area contributed by atoms with Crippen molar-refractivity contribution in [3.05, 3.63) is 53.7 Å². The second kappa shape index (κ2) is 9.29. The van der Waals surface area contributed by atoms with Crippen LogP contribution in [-0.4, -0.2) is 89.5 Å². The quantitative estimate of drug-likeness (QED) is 0.516. The highest BCUT2D eigenvalue weighted by Crippen LogP contribution is 2.34. The van der Waals surface area contributed by atoms with Gasteiger partial charge in [-0.05, 0) is 35.9 Å². The SMILES string of the molecule is CN1CC[C@@](O)(c2cccc(-n3nc(C(N)=O)c4cc(OCCN5CCOCC5)ccc43)c2)C1=O. The fraction of sp³-hybridized carbons (Fsp3) is 0.400. The summed E-state index contributed by atoms with van der Waals surface area (Å²) in [5.41, 5.74) is 5.94. The Morgan fingerprint density at radius 2 is 2.00 bits per heavy atom. The molecule has 10 heteroatoms. The maximum Gasteiger partial charge on any atom is 0.269 e. The van der Waals surface area contributed by atoms with Crippen molar-refractivity contribution in [3.8, 4) is 11.4 Å². The van der Waals surface area contributed by atoms with Crippen molar-refractivity contribution in [1.82, 2.24) is 19.6 Å². The lowest BCUT2D eigenvalue weighted by Gasteiger charge is -2.26. The molecule has 35 heavy (non-hydrogen) atoms. The number of aliphatic hydroxyl groups is 1. The second-order valence-corrected chi connectivity index (χ2v) is 8.99. The molecule has 2 aromatic carbocycles. The van der Waals surface area contributed by atoms with E-state index in [4.69, 9.17) is 15.2 Å². The lowest BCUT2D eigenvalue weighted by atomic mass is 9.92. The minimum Gasteiger partial charge on any atom is -0.492 e. The Balaban J connectivity index is 1.44. The van der Waals surface area contributed by atoms with Gasteiger partial charge in [-0.15, -0.1) is 0 Å². The van der Waals surface area contributed by atoms with Crippen LogP contribution in [0, 0.1) is 0 Å². The standard InChI is InChI=1S/C25H29N5O5/c1-28-8-7-25(33,24(28)32)17-3-2-4-18(15-17)30-21-6-5-19(16-20(21)22(27-30)23(26)31)35-14-11-29-9-12-34-13-10-29/h2-6,15-16,33H,7-14H2,1H3,(H2,26,31)/t25-/m1/s1. The number of likely N-dealkylation sites (tertiary alicyclic amines) is 1. The lowest BCUT2D eigenvalue weighted by molar-refractivity contribution is -0.143. The maximum absolute atomic E-state index is 12.6. The van der Waals surface area contributed by atoms with Gasteiger partial charge in [-0.25, -0.2) is 4.68 Å². The molecule has 184 valence electrons. The fourth-order valence-corrected chi connectivity index (χ4v) is 4.70. The Labute approximate surface area is 202 Å². The summed E-state index contributed by atoms with van der Waals surface area (Å²) in [4.78, 5) is 28.6. The molecule has 2 saturated heterocycles. The molecule has 2 aliphatic rings. The summed E-state index contributed by atoms with van der Waals surface area (Å²) in [6, 6.07) is 12.4. The van der Waals surface area contributed by atoms with Crippen LogP contribution in [0.5, 0.6) is 5.75 Å². The van der Waals surface area contributed by atoms with E-state index in [1.165, 1.54) is 4.90 Å². The van der Waals surface area contributed by atoms with Gasteiger partial charge < -0.3 is 25.2 Å². The number of hydrogen-bond donors (Lipinski definition) is 2. The van der Waals surface area contributed by atoms with Gasteiger partial charge in [-0.1, -0.05) is 12.1 Å². The van der Waals surface area contributed by atoms with E-state index in [-0.39, 0.29) is 11.6 Å². The third kappa shape index (κ3) is 4.36. The molecule has 0 aliphatic carbocycles.